The summed E-state index contributed by atoms with van der Waals surface area (Å²) < 4.78 is 51.5. The first-order valence-corrected chi connectivity index (χ1v) is 5.11. The molecule has 5 heteroatoms. The number of nitrogen functional groups attached to an aromatic ring is 1. The van der Waals surface area contributed by atoms with Gasteiger partial charge in [0.05, 0.1) is 5.56 Å². The van der Waals surface area contributed by atoms with Crippen molar-refractivity contribution in [1.82, 2.24) is 0 Å². The highest BCUT2D eigenvalue weighted by Gasteiger charge is 2.33. The molecule has 0 saturated carbocycles. The minimum absolute atomic E-state index is 0.114. The monoisotopic (exact) mass is 255 g/mol. The number of hydrogen-bond acceptors (Lipinski definition) is 1. The molecular formula is C13H9F4N. The van der Waals surface area contributed by atoms with Crippen molar-refractivity contribution in [3.63, 3.8) is 0 Å². The Labute approximate surface area is 101 Å². The van der Waals surface area contributed by atoms with E-state index in [1.807, 2.05) is 0 Å². The normalized spacial score (nSPS) is 11.6. The molecule has 0 heterocycles. The minimum Gasteiger partial charge on any atom is -0.398 e. The smallest absolute Gasteiger partial charge is 0.398 e. The second-order valence-corrected chi connectivity index (χ2v) is 3.78. The number of benzene rings is 2. The zero-order valence-corrected chi connectivity index (χ0v) is 9.13. The van der Waals surface area contributed by atoms with Crippen molar-refractivity contribution in [2.24, 2.45) is 0 Å². The maximum Gasteiger partial charge on any atom is 0.418 e. The van der Waals surface area contributed by atoms with E-state index in [4.69, 9.17) is 5.73 Å². The molecule has 0 aliphatic rings. The van der Waals surface area contributed by atoms with Crippen LogP contribution in [0.5, 0.6) is 0 Å². The molecule has 0 aromatic heterocycles. The molecule has 94 valence electrons. The summed E-state index contributed by atoms with van der Waals surface area (Å²) in [5.74, 6) is -0.574. The predicted molar refractivity (Wildman–Crippen MR) is 61.3 cm³/mol. The first-order chi connectivity index (χ1) is 8.39. The lowest BCUT2D eigenvalue weighted by Crippen LogP contribution is -2.09. The van der Waals surface area contributed by atoms with Crippen molar-refractivity contribution in [3.05, 3.63) is 53.8 Å². The van der Waals surface area contributed by atoms with E-state index in [9.17, 15) is 17.6 Å². The SMILES string of the molecule is Nc1ccc(-c2ccccc2F)cc1C(F)(F)F. The summed E-state index contributed by atoms with van der Waals surface area (Å²) in [6.07, 6.45) is -4.55. The summed E-state index contributed by atoms with van der Waals surface area (Å²) in [7, 11) is 0. The largest absolute Gasteiger partial charge is 0.418 e. The molecule has 2 aromatic carbocycles. The molecule has 0 unspecified atom stereocenters. The molecule has 2 rings (SSSR count). The van der Waals surface area contributed by atoms with Crippen LogP contribution in [0.3, 0.4) is 0 Å². The summed E-state index contributed by atoms with van der Waals surface area (Å²) in [4.78, 5) is 0. The van der Waals surface area contributed by atoms with Crippen molar-refractivity contribution >= 4 is 5.69 Å². The second-order valence-electron chi connectivity index (χ2n) is 3.78. The molecule has 2 N–H and O–H groups in total. The fraction of sp³-hybridized carbons (Fsp3) is 0.0769. The van der Waals surface area contributed by atoms with E-state index < -0.39 is 17.6 Å². The first-order valence-electron chi connectivity index (χ1n) is 5.11. The molecule has 0 amide bonds. The van der Waals surface area contributed by atoms with Crippen LogP contribution in [0.1, 0.15) is 5.56 Å². The highest BCUT2D eigenvalue weighted by molar-refractivity contribution is 5.68. The average Bonchev–Trinajstić information content (AvgIpc) is 2.29. The Balaban J connectivity index is 2.58. The Bertz CT molecular complexity index is 575. The van der Waals surface area contributed by atoms with Gasteiger partial charge in [0.15, 0.2) is 0 Å². The predicted octanol–water partition coefficient (Wildman–Crippen LogP) is 4.09. The van der Waals surface area contributed by atoms with Crippen molar-refractivity contribution in [3.8, 4) is 11.1 Å². The molecule has 18 heavy (non-hydrogen) atoms. The molecule has 2 aromatic rings. The fourth-order valence-corrected chi connectivity index (χ4v) is 1.66. The molecule has 0 radical (unpaired) electrons. The number of anilines is 1. The third-order valence-electron chi connectivity index (χ3n) is 2.54. The van der Waals surface area contributed by atoms with Gasteiger partial charge in [0, 0.05) is 11.3 Å². The number of halogens is 4. The maximum absolute atomic E-state index is 13.5. The maximum atomic E-state index is 13.5. The van der Waals surface area contributed by atoms with Gasteiger partial charge in [-0.1, -0.05) is 24.3 Å². The average molecular weight is 255 g/mol. The Morgan fingerprint density at radius 3 is 2.22 bits per heavy atom. The highest BCUT2D eigenvalue weighted by atomic mass is 19.4. The molecule has 0 aliphatic heterocycles. The molecule has 0 aliphatic carbocycles. The Kier molecular flexibility index (Phi) is 2.98. The van der Waals surface area contributed by atoms with E-state index in [2.05, 4.69) is 0 Å². The van der Waals surface area contributed by atoms with Crippen LogP contribution in [0.15, 0.2) is 42.5 Å². The van der Waals surface area contributed by atoms with E-state index in [0.717, 1.165) is 12.1 Å². The highest BCUT2D eigenvalue weighted by Crippen LogP contribution is 2.36. The number of alkyl halides is 3. The van der Waals surface area contributed by atoms with Gasteiger partial charge >= 0.3 is 6.18 Å². The van der Waals surface area contributed by atoms with Gasteiger partial charge < -0.3 is 5.73 Å². The molecular weight excluding hydrogens is 246 g/mol. The van der Waals surface area contributed by atoms with Gasteiger partial charge in [0.25, 0.3) is 0 Å². The molecule has 0 atom stereocenters. The lowest BCUT2D eigenvalue weighted by molar-refractivity contribution is -0.136. The van der Waals surface area contributed by atoms with Crippen LogP contribution < -0.4 is 5.73 Å². The van der Waals surface area contributed by atoms with Crippen molar-refractivity contribution in [2.75, 3.05) is 5.73 Å². The first kappa shape index (κ1) is 12.4. The summed E-state index contributed by atoms with van der Waals surface area (Å²) in [5, 5.41) is 0. The van der Waals surface area contributed by atoms with Crippen LogP contribution in [0.4, 0.5) is 23.2 Å². The second kappa shape index (κ2) is 4.33. The van der Waals surface area contributed by atoms with Crippen molar-refractivity contribution in [2.45, 2.75) is 6.18 Å². The minimum atomic E-state index is -4.55. The van der Waals surface area contributed by atoms with Gasteiger partial charge in [-0.3, -0.25) is 0 Å². The van der Waals surface area contributed by atoms with Crippen LogP contribution in [-0.2, 0) is 6.18 Å². The van der Waals surface area contributed by atoms with Crippen LogP contribution >= 0.6 is 0 Å². The molecule has 0 saturated heterocycles. The van der Waals surface area contributed by atoms with Crippen LogP contribution in [-0.4, -0.2) is 0 Å². The summed E-state index contributed by atoms with van der Waals surface area (Å²) in [6, 6.07) is 8.99. The van der Waals surface area contributed by atoms with E-state index >= 15 is 0 Å². The van der Waals surface area contributed by atoms with E-state index in [1.165, 1.54) is 24.3 Å². The zero-order chi connectivity index (χ0) is 13.3. The lowest BCUT2D eigenvalue weighted by atomic mass is 10.0. The number of nitrogens with two attached hydrogens (primary N) is 1. The van der Waals surface area contributed by atoms with Gasteiger partial charge in [-0.2, -0.15) is 13.2 Å². The van der Waals surface area contributed by atoms with E-state index in [-0.39, 0.29) is 16.8 Å². The van der Waals surface area contributed by atoms with Crippen LogP contribution in [0.2, 0.25) is 0 Å². The number of rotatable bonds is 1. The molecule has 0 fully saturated rings. The summed E-state index contributed by atoms with van der Waals surface area (Å²) in [6.45, 7) is 0. The third-order valence-corrected chi connectivity index (χ3v) is 2.54. The Hall–Kier alpha value is -2.04. The molecule has 0 bridgehead atoms. The van der Waals surface area contributed by atoms with Crippen LogP contribution in [0.25, 0.3) is 11.1 Å². The van der Waals surface area contributed by atoms with Crippen molar-refractivity contribution in [1.29, 1.82) is 0 Å². The fourth-order valence-electron chi connectivity index (χ4n) is 1.66. The quantitative estimate of drug-likeness (QED) is 0.602. The molecule has 1 nitrogen and oxygen atoms in total. The van der Waals surface area contributed by atoms with E-state index in [1.54, 1.807) is 6.07 Å². The van der Waals surface area contributed by atoms with Gasteiger partial charge in [0.1, 0.15) is 5.82 Å². The lowest BCUT2D eigenvalue weighted by Gasteiger charge is -2.12. The van der Waals surface area contributed by atoms with Gasteiger partial charge in [-0.25, -0.2) is 4.39 Å². The zero-order valence-electron chi connectivity index (χ0n) is 9.13. The van der Waals surface area contributed by atoms with Crippen molar-refractivity contribution < 1.29 is 17.6 Å². The topological polar surface area (TPSA) is 26.0 Å². The van der Waals surface area contributed by atoms with Gasteiger partial charge in [-0.15, -0.1) is 0 Å². The standard InChI is InChI=1S/C13H9F4N/c14-11-4-2-1-3-9(11)8-5-6-12(18)10(7-8)13(15,16)17/h1-7H,18H2. The third kappa shape index (κ3) is 2.30. The summed E-state index contributed by atoms with van der Waals surface area (Å²) in [5.41, 5.74) is 4.21. The Morgan fingerprint density at radius 2 is 1.61 bits per heavy atom. The van der Waals surface area contributed by atoms with Gasteiger partial charge in [-0.05, 0) is 23.8 Å². The summed E-state index contributed by atoms with van der Waals surface area (Å²) >= 11 is 0. The van der Waals surface area contributed by atoms with Gasteiger partial charge in [0.2, 0.25) is 0 Å². The number of hydrogen-bond donors (Lipinski definition) is 1. The Morgan fingerprint density at radius 1 is 0.944 bits per heavy atom. The van der Waals surface area contributed by atoms with E-state index in [0.29, 0.717) is 0 Å². The van der Waals surface area contributed by atoms with Crippen LogP contribution in [0, 0.1) is 5.82 Å². The molecule has 0 spiro atoms.